The topological polar surface area (TPSA) is 64.7 Å². The Morgan fingerprint density at radius 2 is 1.70 bits per heavy atom. The number of hydrogen-bond acceptors (Lipinski definition) is 4. The predicted molar refractivity (Wildman–Crippen MR) is 120 cm³/mol. The van der Waals surface area contributed by atoms with Gasteiger partial charge in [-0.1, -0.05) is 23.7 Å². The summed E-state index contributed by atoms with van der Waals surface area (Å²) in [5.74, 6) is -0.368. The van der Waals surface area contributed by atoms with Gasteiger partial charge in [-0.05, 0) is 68.8 Å². The van der Waals surface area contributed by atoms with E-state index in [0.717, 1.165) is 19.5 Å². The molecule has 6 nitrogen and oxygen atoms in total. The minimum absolute atomic E-state index is 0.0937. The number of likely N-dealkylation sites (tertiary alicyclic amines) is 2. The first kappa shape index (κ1) is 20.8. The van der Waals surface area contributed by atoms with E-state index in [1.807, 2.05) is 6.07 Å². The summed E-state index contributed by atoms with van der Waals surface area (Å²) in [6, 6.07) is 14.6. The van der Waals surface area contributed by atoms with Crippen molar-refractivity contribution in [1.82, 2.24) is 9.80 Å². The molecule has 4 rings (SSSR count). The summed E-state index contributed by atoms with van der Waals surface area (Å²) in [5.41, 5.74) is 1.59. The molecule has 2 aliphatic rings. The van der Waals surface area contributed by atoms with Gasteiger partial charge in [0.25, 0.3) is 5.91 Å². The first-order valence-corrected chi connectivity index (χ1v) is 10.9. The van der Waals surface area contributed by atoms with Crippen molar-refractivity contribution < 1.29 is 9.59 Å². The number of halogens is 1. The van der Waals surface area contributed by atoms with Gasteiger partial charge in [0.1, 0.15) is 0 Å². The molecule has 30 heavy (non-hydrogen) atoms. The van der Waals surface area contributed by atoms with E-state index in [0.29, 0.717) is 34.5 Å². The fourth-order valence-corrected chi connectivity index (χ4v) is 4.40. The molecule has 0 bridgehead atoms. The minimum atomic E-state index is -0.275. The van der Waals surface area contributed by atoms with Crippen LogP contribution < -0.4 is 10.6 Å². The number of carbonyl (C=O) groups is 2. The van der Waals surface area contributed by atoms with Crippen molar-refractivity contribution in [3.05, 3.63) is 59.1 Å². The average molecular weight is 427 g/mol. The predicted octanol–water partition coefficient (Wildman–Crippen LogP) is 3.70. The molecule has 2 N–H and O–H groups in total. The van der Waals surface area contributed by atoms with Gasteiger partial charge in [-0.15, -0.1) is 0 Å². The molecule has 2 heterocycles. The van der Waals surface area contributed by atoms with E-state index in [1.54, 1.807) is 42.5 Å². The Balaban J connectivity index is 1.34. The number of rotatable bonds is 6. The normalized spacial score (nSPS) is 19.7. The average Bonchev–Trinajstić information content (AvgIpc) is 3.42. The zero-order valence-corrected chi connectivity index (χ0v) is 17.7. The molecule has 0 saturated carbocycles. The lowest BCUT2D eigenvalue weighted by molar-refractivity contribution is -0.117. The summed E-state index contributed by atoms with van der Waals surface area (Å²) in [6.07, 6.45) is 3.69. The van der Waals surface area contributed by atoms with E-state index in [-0.39, 0.29) is 11.8 Å². The largest absolute Gasteiger partial charge is 0.324 e. The third-order valence-corrected chi connectivity index (χ3v) is 6.07. The quantitative estimate of drug-likeness (QED) is 0.739. The van der Waals surface area contributed by atoms with Gasteiger partial charge < -0.3 is 10.6 Å². The summed E-state index contributed by atoms with van der Waals surface area (Å²) < 4.78 is 0. The van der Waals surface area contributed by atoms with E-state index < -0.39 is 0 Å². The van der Waals surface area contributed by atoms with Crippen LogP contribution in [0.5, 0.6) is 0 Å². The molecular formula is C23H27ClN4O2. The SMILES string of the molecule is O=C(CN1CCC(N2CCCC2)C1)Nc1ccccc1C(=O)Nc1ccc(Cl)cc1. The van der Waals surface area contributed by atoms with Crippen molar-refractivity contribution in [2.45, 2.75) is 25.3 Å². The smallest absolute Gasteiger partial charge is 0.257 e. The van der Waals surface area contributed by atoms with Crippen LogP contribution in [0.4, 0.5) is 11.4 Å². The fourth-order valence-electron chi connectivity index (χ4n) is 4.28. The Morgan fingerprint density at radius 3 is 2.47 bits per heavy atom. The molecule has 2 amide bonds. The molecule has 2 aromatic rings. The molecule has 158 valence electrons. The lowest BCUT2D eigenvalue weighted by Crippen LogP contribution is -2.37. The van der Waals surface area contributed by atoms with E-state index >= 15 is 0 Å². The van der Waals surface area contributed by atoms with Crippen molar-refractivity contribution in [3.63, 3.8) is 0 Å². The first-order chi connectivity index (χ1) is 14.6. The molecule has 2 saturated heterocycles. The van der Waals surface area contributed by atoms with E-state index in [4.69, 9.17) is 11.6 Å². The highest BCUT2D eigenvalue weighted by Gasteiger charge is 2.30. The number of carbonyl (C=O) groups excluding carboxylic acids is 2. The highest BCUT2D eigenvalue weighted by atomic mass is 35.5. The molecule has 0 spiro atoms. The molecule has 1 atom stereocenters. The van der Waals surface area contributed by atoms with Gasteiger partial charge in [-0.3, -0.25) is 19.4 Å². The zero-order chi connectivity index (χ0) is 20.9. The van der Waals surface area contributed by atoms with Gasteiger partial charge in [-0.25, -0.2) is 0 Å². The summed E-state index contributed by atoms with van der Waals surface area (Å²) in [5, 5.41) is 6.37. The molecule has 7 heteroatoms. The molecular weight excluding hydrogens is 400 g/mol. The summed E-state index contributed by atoms with van der Waals surface area (Å²) >= 11 is 5.90. The van der Waals surface area contributed by atoms with Crippen molar-refractivity contribution in [2.75, 3.05) is 43.4 Å². The number of hydrogen-bond donors (Lipinski definition) is 2. The maximum absolute atomic E-state index is 12.7. The van der Waals surface area contributed by atoms with E-state index in [2.05, 4.69) is 20.4 Å². The van der Waals surface area contributed by atoms with Crippen LogP contribution in [0, 0.1) is 0 Å². The maximum atomic E-state index is 12.7. The second-order valence-electron chi connectivity index (χ2n) is 7.98. The second kappa shape index (κ2) is 9.60. The van der Waals surface area contributed by atoms with Gasteiger partial charge in [0.15, 0.2) is 0 Å². The standard InChI is InChI=1S/C23H27ClN4O2/c24-17-7-9-18(10-8-17)25-23(30)20-5-1-2-6-21(20)26-22(29)16-27-14-11-19(15-27)28-12-3-4-13-28/h1-2,5-10,19H,3-4,11-16H2,(H,25,30)(H,26,29). The Hall–Kier alpha value is -2.41. The Kier molecular flexibility index (Phi) is 6.67. The van der Waals surface area contributed by atoms with Crippen LogP contribution in [0.15, 0.2) is 48.5 Å². The van der Waals surface area contributed by atoms with Gasteiger partial charge >= 0.3 is 0 Å². The molecule has 0 aliphatic carbocycles. The van der Waals surface area contributed by atoms with Crippen LogP contribution in [0.3, 0.4) is 0 Å². The van der Waals surface area contributed by atoms with Crippen LogP contribution in [0.2, 0.25) is 5.02 Å². The van der Waals surface area contributed by atoms with Crippen LogP contribution in [-0.4, -0.2) is 60.4 Å². The molecule has 2 aliphatic heterocycles. The van der Waals surface area contributed by atoms with Crippen LogP contribution >= 0.6 is 11.6 Å². The van der Waals surface area contributed by atoms with Crippen LogP contribution in [0.25, 0.3) is 0 Å². The van der Waals surface area contributed by atoms with Gasteiger partial charge in [-0.2, -0.15) is 0 Å². The summed E-state index contributed by atoms with van der Waals surface area (Å²) in [4.78, 5) is 30.1. The number of benzene rings is 2. The van der Waals surface area contributed by atoms with E-state index in [9.17, 15) is 9.59 Å². The number of amides is 2. The van der Waals surface area contributed by atoms with Gasteiger partial charge in [0, 0.05) is 29.8 Å². The molecule has 2 fully saturated rings. The van der Waals surface area contributed by atoms with Gasteiger partial charge in [0.05, 0.1) is 17.8 Å². The maximum Gasteiger partial charge on any atom is 0.257 e. The Labute approximate surface area is 182 Å². The van der Waals surface area contributed by atoms with Crippen molar-refractivity contribution >= 4 is 34.8 Å². The second-order valence-corrected chi connectivity index (χ2v) is 8.41. The monoisotopic (exact) mass is 426 g/mol. The van der Waals surface area contributed by atoms with Crippen molar-refractivity contribution in [2.24, 2.45) is 0 Å². The third-order valence-electron chi connectivity index (χ3n) is 5.82. The summed E-state index contributed by atoms with van der Waals surface area (Å²) in [7, 11) is 0. The lowest BCUT2D eigenvalue weighted by Gasteiger charge is -2.23. The Morgan fingerprint density at radius 1 is 0.967 bits per heavy atom. The molecule has 0 aromatic heterocycles. The van der Waals surface area contributed by atoms with Gasteiger partial charge in [0.2, 0.25) is 5.91 Å². The first-order valence-electron chi connectivity index (χ1n) is 10.5. The zero-order valence-electron chi connectivity index (χ0n) is 16.9. The fraction of sp³-hybridized carbons (Fsp3) is 0.391. The minimum Gasteiger partial charge on any atom is -0.324 e. The van der Waals surface area contributed by atoms with Crippen LogP contribution in [0.1, 0.15) is 29.6 Å². The number of nitrogens with zero attached hydrogens (tertiary/aromatic N) is 2. The Bertz CT molecular complexity index is 896. The molecule has 2 aromatic carbocycles. The number of nitrogens with one attached hydrogen (secondary N) is 2. The summed E-state index contributed by atoms with van der Waals surface area (Å²) in [6.45, 7) is 4.58. The number of para-hydroxylation sites is 1. The highest BCUT2D eigenvalue weighted by molar-refractivity contribution is 6.30. The number of anilines is 2. The van der Waals surface area contributed by atoms with Crippen molar-refractivity contribution in [1.29, 1.82) is 0 Å². The van der Waals surface area contributed by atoms with Crippen molar-refractivity contribution in [3.8, 4) is 0 Å². The van der Waals surface area contributed by atoms with Crippen LogP contribution in [-0.2, 0) is 4.79 Å². The lowest BCUT2D eigenvalue weighted by atomic mass is 10.1. The van der Waals surface area contributed by atoms with E-state index in [1.165, 1.54) is 25.9 Å². The molecule has 1 unspecified atom stereocenters. The third kappa shape index (κ3) is 5.19. The highest BCUT2D eigenvalue weighted by Crippen LogP contribution is 2.21. The molecule has 0 radical (unpaired) electrons.